The Morgan fingerprint density at radius 3 is 2.39 bits per heavy atom. The average Bonchev–Trinajstić information content (AvgIpc) is 2.26. The molecule has 1 rings (SSSR count). The van der Waals surface area contributed by atoms with Gasteiger partial charge in [0, 0.05) is 0 Å². The number of rotatable bonds is 5. The van der Waals surface area contributed by atoms with Crippen LogP contribution in [0.4, 0.5) is 0 Å². The van der Waals surface area contributed by atoms with Gasteiger partial charge in [0.1, 0.15) is 0 Å². The summed E-state index contributed by atoms with van der Waals surface area (Å²) in [4.78, 5) is 11.2. The maximum atomic E-state index is 11.2. The summed E-state index contributed by atoms with van der Waals surface area (Å²) >= 11 is -5.02. The van der Waals surface area contributed by atoms with E-state index in [1.807, 2.05) is 6.92 Å². The van der Waals surface area contributed by atoms with Crippen LogP contribution in [0.15, 0.2) is 24.3 Å². The summed E-state index contributed by atoms with van der Waals surface area (Å²) in [5.41, 5.74) is 0.865. The van der Waals surface area contributed by atoms with Crippen molar-refractivity contribution in [2.75, 3.05) is 6.54 Å². The van der Waals surface area contributed by atoms with Gasteiger partial charge in [0.05, 0.1) is 0 Å². The van der Waals surface area contributed by atoms with Crippen LogP contribution >= 0.6 is 0 Å². The third kappa shape index (κ3) is 6.23. The minimum Gasteiger partial charge on any atom is 1.00 e. The summed E-state index contributed by atoms with van der Waals surface area (Å²) < 4.78 is 30.6. The van der Waals surface area contributed by atoms with Gasteiger partial charge in [-0.1, -0.05) is 0 Å². The SMILES string of the molecule is CCNC(=O)CCc1ccc([As](=O)([O-])O)cc1.[Na+]. The number of nitrogens with one attached hydrogen (secondary N) is 1. The fourth-order valence-electron chi connectivity index (χ4n) is 1.39. The van der Waals surface area contributed by atoms with Crippen molar-refractivity contribution in [3.63, 3.8) is 0 Å². The van der Waals surface area contributed by atoms with Gasteiger partial charge in [0.15, 0.2) is 0 Å². The Morgan fingerprint density at radius 1 is 1.39 bits per heavy atom. The van der Waals surface area contributed by atoms with Gasteiger partial charge >= 0.3 is 132 Å². The third-order valence-corrected chi connectivity index (χ3v) is 4.27. The molecule has 1 amide bonds. The Hall–Kier alpha value is -0.0316. The van der Waals surface area contributed by atoms with Crippen LogP contribution in [0.5, 0.6) is 0 Å². The van der Waals surface area contributed by atoms with Gasteiger partial charge in [-0.05, 0) is 0 Å². The van der Waals surface area contributed by atoms with E-state index < -0.39 is 14.2 Å². The van der Waals surface area contributed by atoms with Crippen LogP contribution in [-0.2, 0) is 15.0 Å². The van der Waals surface area contributed by atoms with E-state index >= 15 is 0 Å². The molecule has 0 aliphatic heterocycles. The second-order valence-corrected chi connectivity index (χ2v) is 6.91. The first-order valence-electron chi connectivity index (χ1n) is 5.33. The molecule has 94 valence electrons. The predicted molar refractivity (Wildman–Crippen MR) is 61.7 cm³/mol. The first-order chi connectivity index (χ1) is 7.93. The second kappa shape index (κ2) is 8.20. The molecule has 1 aromatic carbocycles. The fraction of sp³-hybridized carbons (Fsp3) is 0.364. The maximum Gasteiger partial charge on any atom is 1.00 e. The van der Waals surface area contributed by atoms with Gasteiger partial charge in [-0.2, -0.15) is 0 Å². The van der Waals surface area contributed by atoms with Crippen molar-refractivity contribution in [2.24, 2.45) is 0 Å². The van der Waals surface area contributed by atoms with Crippen LogP contribution < -0.4 is 43.3 Å². The first kappa shape index (κ1) is 18.0. The summed E-state index contributed by atoms with van der Waals surface area (Å²) in [7, 11) is 0. The van der Waals surface area contributed by atoms with Crippen LogP contribution in [0.2, 0.25) is 0 Å². The van der Waals surface area contributed by atoms with E-state index in [-0.39, 0.29) is 39.8 Å². The molecular formula is C11H15AsNNaO4. The monoisotopic (exact) mass is 323 g/mol. The zero-order valence-electron chi connectivity index (χ0n) is 10.5. The van der Waals surface area contributed by atoms with Gasteiger partial charge in [-0.25, -0.2) is 0 Å². The number of benzene rings is 1. The van der Waals surface area contributed by atoms with Crippen LogP contribution in [0.3, 0.4) is 0 Å². The number of aryl methyl sites for hydroxylation is 1. The molecule has 0 aromatic heterocycles. The van der Waals surface area contributed by atoms with Crippen LogP contribution in [0, 0.1) is 0 Å². The molecule has 1 aromatic rings. The third-order valence-electron chi connectivity index (χ3n) is 2.28. The topological polar surface area (TPSA) is 89.5 Å². The normalized spacial score (nSPS) is 13.3. The molecule has 0 aliphatic carbocycles. The van der Waals surface area contributed by atoms with Gasteiger partial charge in [0.2, 0.25) is 0 Å². The van der Waals surface area contributed by atoms with Gasteiger partial charge in [0.25, 0.3) is 0 Å². The Morgan fingerprint density at radius 2 is 1.94 bits per heavy atom. The molecule has 0 saturated carbocycles. The minimum absolute atomic E-state index is 0. The van der Waals surface area contributed by atoms with Crippen molar-refractivity contribution >= 4 is 24.4 Å². The fourth-order valence-corrected chi connectivity index (χ4v) is 2.50. The Balaban J connectivity index is 0.00000289. The molecule has 2 N–H and O–H groups in total. The minimum atomic E-state index is -5.02. The van der Waals surface area contributed by atoms with Crippen molar-refractivity contribution < 1.29 is 46.3 Å². The quantitative estimate of drug-likeness (QED) is 0.537. The number of carbonyl (C=O) groups excluding carboxylic acids is 1. The van der Waals surface area contributed by atoms with E-state index in [0.717, 1.165) is 5.56 Å². The molecular weight excluding hydrogens is 308 g/mol. The van der Waals surface area contributed by atoms with Crippen molar-refractivity contribution in [1.29, 1.82) is 0 Å². The van der Waals surface area contributed by atoms with Crippen LogP contribution in [0.25, 0.3) is 0 Å². The molecule has 1 atom stereocenters. The Bertz CT molecular complexity index is 429. The molecule has 0 heterocycles. The van der Waals surface area contributed by atoms with E-state index in [0.29, 0.717) is 19.4 Å². The van der Waals surface area contributed by atoms with Crippen molar-refractivity contribution in [3.05, 3.63) is 29.8 Å². The van der Waals surface area contributed by atoms with Crippen molar-refractivity contribution in [3.8, 4) is 0 Å². The summed E-state index contributed by atoms with van der Waals surface area (Å²) in [6.45, 7) is 2.45. The molecule has 7 heteroatoms. The van der Waals surface area contributed by atoms with Gasteiger partial charge in [-0.3, -0.25) is 0 Å². The standard InChI is InChI=1S/C11H16AsNO4.Na/c1-2-13-11(14)8-5-9-3-6-10(7-4-9)12(15,16)17;/h3-4,6-7H,2,5,8H2,1H3,(H,13,14)(H2,15,16,17);/q;+1/p-1. The maximum absolute atomic E-state index is 11.2. The predicted octanol–water partition coefficient (Wildman–Crippen LogP) is -4.31. The molecule has 0 aliphatic rings. The summed E-state index contributed by atoms with van der Waals surface area (Å²) in [5, 5.41) is 2.68. The Kier molecular flexibility index (Phi) is 8.19. The smallest absolute Gasteiger partial charge is 1.00 e. The van der Waals surface area contributed by atoms with Gasteiger partial charge < -0.3 is 0 Å². The molecule has 0 bridgehead atoms. The second-order valence-electron chi connectivity index (χ2n) is 3.64. The van der Waals surface area contributed by atoms with Crippen LogP contribution in [0.1, 0.15) is 18.9 Å². The van der Waals surface area contributed by atoms with E-state index in [1.165, 1.54) is 12.1 Å². The van der Waals surface area contributed by atoms with E-state index in [2.05, 4.69) is 5.32 Å². The first-order valence-corrected chi connectivity index (χ1v) is 8.64. The largest absolute Gasteiger partial charge is 1.00 e. The average molecular weight is 323 g/mol. The molecule has 5 nitrogen and oxygen atoms in total. The molecule has 18 heavy (non-hydrogen) atoms. The molecule has 0 fully saturated rings. The molecule has 0 saturated heterocycles. The summed E-state index contributed by atoms with van der Waals surface area (Å²) in [6, 6.07) is 5.94. The molecule has 1 unspecified atom stereocenters. The Labute approximate surface area is 131 Å². The number of amides is 1. The van der Waals surface area contributed by atoms with Crippen LogP contribution in [-0.4, -0.2) is 30.7 Å². The summed E-state index contributed by atoms with van der Waals surface area (Å²) in [6.07, 6.45) is 0.917. The zero-order chi connectivity index (χ0) is 12.9. The van der Waals surface area contributed by atoms with Crippen molar-refractivity contribution in [1.82, 2.24) is 5.32 Å². The van der Waals surface area contributed by atoms with E-state index in [1.54, 1.807) is 12.1 Å². The molecule has 0 radical (unpaired) electrons. The van der Waals surface area contributed by atoms with Crippen molar-refractivity contribution in [2.45, 2.75) is 19.8 Å². The number of hydrogen-bond acceptors (Lipinski definition) is 3. The number of hydrogen-bond donors (Lipinski definition) is 2. The summed E-state index contributed by atoms with van der Waals surface area (Å²) in [5.74, 6) is -0.0302. The zero-order valence-corrected chi connectivity index (χ0v) is 14.4. The van der Waals surface area contributed by atoms with E-state index in [4.69, 9.17) is 4.10 Å². The van der Waals surface area contributed by atoms with Gasteiger partial charge in [-0.15, -0.1) is 0 Å². The van der Waals surface area contributed by atoms with E-state index in [9.17, 15) is 12.6 Å². The molecule has 0 spiro atoms. The number of carbonyl (C=O) groups is 1.